The van der Waals surface area contributed by atoms with E-state index >= 15 is 0 Å². The highest BCUT2D eigenvalue weighted by Crippen LogP contribution is 2.25. The van der Waals surface area contributed by atoms with Crippen molar-refractivity contribution >= 4 is 39.1 Å². The van der Waals surface area contributed by atoms with Crippen LogP contribution in [0.1, 0.15) is 31.1 Å². The van der Waals surface area contributed by atoms with Gasteiger partial charge in [-0.2, -0.15) is 0 Å². The molecule has 1 heterocycles. The Labute approximate surface area is 178 Å². The van der Waals surface area contributed by atoms with Gasteiger partial charge in [0.15, 0.2) is 0 Å². The Morgan fingerprint density at radius 1 is 0.806 bits per heavy atom. The summed E-state index contributed by atoms with van der Waals surface area (Å²) in [5.74, 6) is -1.32. The number of anilines is 2. The fourth-order valence-electron chi connectivity index (χ4n) is 3.18. The number of nitrogens with one attached hydrogen (secondary N) is 2. The van der Waals surface area contributed by atoms with Gasteiger partial charge >= 0.3 is 0 Å². The summed E-state index contributed by atoms with van der Waals surface area (Å²) in [6.45, 7) is 0. The van der Waals surface area contributed by atoms with Gasteiger partial charge in [-0.1, -0.05) is 24.3 Å². The molecule has 0 fully saturated rings. The Bertz CT molecular complexity index is 1320. The van der Waals surface area contributed by atoms with Gasteiger partial charge in [0.05, 0.1) is 16.0 Å². The van der Waals surface area contributed by atoms with Crippen LogP contribution in [0.15, 0.2) is 77.7 Å². The summed E-state index contributed by atoms with van der Waals surface area (Å²) in [7, 11) is -2.40. The van der Waals surface area contributed by atoms with Gasteiger partial charge in [-0.15, -0.1) is 0 Å². The molecule has 0 aromatic heterocycles. The third-order valence-corrected chi connectivity index (χ3v) is 6.18. The topological polar surface area (TPSA) is 113 Å². The first-order chi connectivity index (χ1) is 14.8. The number of carbonyl (C=O) groups is 3. The molecule has 4 rings (SSSR count). The van der Waals surface area contributed by atoms with E-state index in [0.717, 1.165) is 4.90 Å². The van der Waals surface area contributed by atoms with Gasteiger partial charge in [0.25, 0.3) is 27.7 Å². The molecule has 0 unspecified atom stereocenters. The van der Waals surface area contributed by atoms with Gasteiger partial charge in [-0.3, -0.25) is 24.0 Å². The van der Waals surface area contributed by atoms with E-state index in [9.17, 15) is 22.8 Å². The molecule has 0 radical (unpaired) electrons. The van der Waals surface area contributed by atoms with Gasteiger partial charge in [0.1, 0.15) is 0 Å². The van der Waals surface area contributed by atoms with Crippen LogP contribution in [-0.2, 0) is 10.0 Å². The van der Waals surface area contributed by atoms with Crippen LogP contribution in [0.2, 0.25) is 0 Å². The van der Waals surface area contributed by atoms with E-state index in [1.807, 2.05) is 0 Å². The average molecular weight is 435 g/mol. The first kappa shape index (κ1) is 20.3. The minimum Gasteiger partial charge on any atom is -0.322 e. The van der Waals surface area contributed by atoms with E-state index in [1.54, 1.807) is 24.3 Å². The maximum atomic E-state index is 12.7. The zero-order valence-corrected chi connectivity index (χ0v) is 17.1. The normalized spacial score (nSPS) is 13.1. The summed E-state index contributed by atoms with van der Waals surface area (Å²) in [6, 6.07) is 18.4. The van der Waals surface area contributed by atoms with Gasteiger partial charge < -0.3 is 5.32 Å². The molecule has 3 aromatic carbocycles. The second-order valence-electron chi connectivity index (χ2n) is 6.88. The monoisotopic (exact) mass is 435 g/mol. The van der Waals surface area contributed by atoms with Gasteiger partial charge in [-0.05, 0) is 48.5 Å². The zero-order chi connectivity index (χ0) is 22.2. The van der Waals surface area contributed by atoms with Crippen molar-refractivity contribution in [2.24, 2.45) is 0 Å². The lowest BCUT2D eigenvalue weighted by molar-refractivity contribution is 0.0692. The summed E-state index contributed by atoms with van der Waals surface area (Å²) in [6.07, 6.45) is 0. The predicted molar refractivity (Wildman–Crippen MR) is 115 cm³/mol. The quantitative estimate of drug-likeness (QED) is 0.599. The van der Waals surface area contributed by atoms with Crippen LogP contribution >= 0.6 is 0 Å². The molecular weight excluding hydrogens is 418 g/mol. The Morgan fingerprint density at radius 2 is 1.52 bits per heavy atom. The molecule has 9 heteroatoms. The molecule has 31 heavy (non-hydrogen) atoms. The highest BCUT2D eigenvalue weighted by atomic mass is 32.2. The highest BCUT2D eigenvalue weighted by molar-refractivity contribution is 7.92. The molecule has 8 nitrogen and oxygen atoms in total. The number of rotatable bonds is 5. The summed E-state index contributed by atoms with van der Waals surface area (Å²) in [4.78, 5) is 37.9. The average Bonchev–Trinajstić information content (AvgIpc) is 2.98. The maximum Gasteiger partial charge on any atom is 0.261 e. The summed E-state index contributed by atoms with van der Waals surface area (Å²) < 4.78 is 27.4. The lowest BCUT2D eigenvalue weighted by Crippen LogP contribution is -2.24. The maximum absolute atomic E-state index is 12.7. The zero-order valence-electron chi connectivity index (χ0n) is 16.3. The number of hydrogen-bond acceptors (Lipinski definition) is 5. The molecule has 0 saturated heterocycles. The van der Waals surface area contributed by atoms with E-state index in [-0.39, 0.29) is 27.3 Å². The fourth-order valence-corrected chi connectivity index (χ4v) is 4.25. The van der Waals surface area contributed by atoms with Crippen LogP contribution in [0.3, 0.4) is 0 Å². The highest BCUT2D eigenvalue weighted by Gasteiger charge is 2.32. The van der Waals surface area contributed by atoms with Crippen LogP contribution in [-0.4, -0.2) is 38.1 Å². The second kappa shape index (κ2) is 7.69. The largest absolute Gasteiger partial charge is 0.322 e. The smallest absolute Gasteiger partial charge is 0.261 e. The Morgan fingerprint density at radius 3 is 2.26 bits per heavy atom. The van der Waals surface area contributed by atoms with E-state index in [0.29, 0.717) is 5.69 Å². The number of fused-ring (bicyclic) bond motifs is 1. The Hall–Kier alpha value is -3.98. The lowest BCUT2D eigenvalue weighted by Gasteiger charge is -2.10. The number of amides is 3. The van der Waals surface area contributed by atoms with Crippen molar-refractivity contribution in [2.45, 2.75) is 4.90 Å². The molecular formula is C22H17N3O5S. The van der Waals surface area contributed by atoms with Crippen molar-refractivity contribution in [3.63, 3.8) is 0 Å². The number of carbonyl (C=O) groups excluding carboxylic acids is 3. The van der Waals surface area contributed by atoms with Crippen LogP contribution in [0.25, 0.3) is 0 Å². The molecule has 3 aromatic rings. The van der Waals surface area contributed by atoms with Crippen molar-refractivity contribution in [3.8, 4) is 0 Å². The standard InChI is InChI=1S/C22H17N3O5S/c1-25-21(27)18-11-10-15(13-19(18)22(25)28)23-20(26)14-6-5-7-16(12-14)24-31(29,30)17-8-3-2-4-9-17/h2-13,24H,1H3,(H,23,26). The number of imide groups is 1. The Balaban J connectivity index is 1.53. The number of benzene rings is 3. The second-order valence-corrected chi connectivity index (χ2v) is 8.57. The van der Waals surface area contributed by atoms with Crippen molar-refractivity contribution < 1.29 is 22.8 Å². The molecule has 156 valence electrons. The summed E-state index contributed by atoms with van der Waals surface area (Å²) >= 11 is 0. The van der Waals surface area contributed by atoms with E-state index < -0.39 is 27.7 Å². The number of nitrogens with zero attached hydrogens (tertiary/aromatic N) is 1. The van der Waals surface area contributed by atoms with Crippen molar-refractivity contribution in [2.75, 3.05) is 17.1 Å². The van der Waals surface area contributed by atoms with Crippen molar-refractivity contribution in [3.05, 3.63) is 89.5 Å². The first-order valence-electron chi connectivity index (χ1n) is 9.22. The van der Waals surface area contributed by atoms with E-state index in [4.69, 9.17) is 0 Å². The third kappa shape index (κ3) is 3.90. The molecule has 1 aliphatic heterocycles. The summed E-state index contributed by atoms with van der Waals surface area (Å²) in [5, 5.41) is 2.66. The molecule has 0 spiro atoms. The minimum absolute atomic E-state index is 0.104. The molecule has 0 bridgehead atoms. The van der Waals surface area contributed by atoms with Crippen LogP contribution in [0.4, 0.5) is 11.4 Å². The number of sulfonamides is 1. The van der Waals surface area contributed by atoms with Crippen molar-refractivity contribution in [1.82, 2.24) is 4.90 Å². The van der Waals surface area contributed by atoms with Gasteiger partial charge in [0.2, 0.25) is 0 Å². The van der Waals surface area contributed by atoms with Crippen LogP contribution < -0.4 is 10.0 Å². The summed E-state index contributed by atoms with van der Waals surface area (Å²) in [5.41, 5.74) is 1.29. The van der Waals surface area contributed by atoms with E-state index in [1.165, 1.54) is 55.6 Å². The molecule has 2 N–H and O–H groups in total. The first-order valence-corrected chi connectivity index (χ1v) is 10.7. The molecule has 1 aliphatic rings. The van der Waals surface area contributed by atoms with E-state index in [2.05, 4.69) is 10.0 Å². The molecule has 3 amide bonds. The molecule has 0 aliphatic carbocycles. The number of hydrogen-bond donors (Lipinski definition) is 2. The fraction of sp³-hybridized carbons (Fsp3) is 0.0455. The van der Waals surface area contributed by atoms with Crippen LogP contribution in [0.5, 0.6) is 0 Å². The molecule has 0 saturated carbocycles. The predicted octanol–water partition coefficient (Wildman–Crippen LogP) is 2.97. The van der Waals surface area contributed by atoms with Gasteiger partial charge in [-0.25, -0.2) is 8.42 Å². The molecule has 0 atom stereocenters. The SMILES string of the molecule is CN1C(=O)c2ccc(NC(=O)c3cccc(NS(=O)(=O)c4ccccc4)c3)cc2C1=O. The third-order valence-electron chi connectivity index (χ3n) is 4.78. The van der Waals surface area contributed by atoms with Crippen LogP contribution in [0, 0.1) is 0 Å². The Kier molecular flexibility index (Phi) is 5.04. The van der Waals surface area contributed by atoms with Gasteiger partial charge in [0, 0.05) is 24.0 Å². The van der Waals surface area contributed by atoms with Crippen molar-refractivity contribution in [1.29, 1.82) is 0 Å². The minimum atomic E-state index is -3.79. The lowest BCUT2D eigenvalue weighted by atomic mass is 10.1.